The molecule has 2 N–H and O–H groups in total. The number of piperidine rings is 1. The zero-order chi connectivity index (χ0) is 8.22. The molecule has 1 heterocycles. The van der Waals surface area contributed by atoms with Crippen molar-refractivity contribution in [3.05, 3.63) is 0 Å². The molecule has 1 amide bonds. The van der Waals surface area contributed by atoms with E-state index < -0.39 is 0 Å². The third kappa shape index (κ3) is 0.692. The summed E-state index contributed by atoms with van der Waals surface area (Å²) in [5, 5.41) is 11.7. The molecule has 1 aliphatic heterocycles. The fourth-order valence-electron chi connectivity index (χ4n) is 2.45. The van der Waals surface area contributed by atoms with Crippen LogP contribution in [0.5, 0.6) is 0 Å². The van der Waals surface area contributed by atoms with Crippen molar-refractivity contribution < 1.29 is 9.90 Å². The van der Waals surface area contributed by atoms with Crippen molar-refractivity contribution in [3.63, 3.8) is 0 Å². The number of aliphatic hydroxyl groups is 1. The maximum Gasteiger partial charge on any atom is 0.224 e. The molecule has 0 spiro atoms. The second kappa shape index (κ2) is 1.78. The van der Waals surface area contributed by atoms with Gasteiger partial charge in [-0.25, -0.2) is 0 Å². The molecule has 1 aliphatic carbocycles. The van der Waals surface area contributed by atoms with E-state index in [1.807, 2.05) is 0 Å². The molecule has 1 saturated heterocycles. The fraction of sp³-hybridized carbons (Fsp3) is 0.875. The number of aliphatic hydroxyl groups excluding tert-OH is 1. The number of hydrogen-bond donors (Lipinski definition) is 2. The van der Waals surface area contributed by atoms with Crippen molar-refractivity contribution in [2.45, 2.75) is 19.9 Å². The summed E-state index contributed by atoms with van der Waals surface area (Å²) in [6.45, 7) is 4.25. The molecule has 0 radical (unpaired) electrons. The minimum Gasteiger partial charge on any atom is -0.394 e. The van der Waals surface area contributed by atoms with Gasteiger partial charge in [0.2, 0.25) is 5.91 Å². The lowest BCUT2D eigenvalue weighted by Crippen LogP contribution is -2.36. The van der Waals surface area contributed by atoms with Gasteiger partial charge < -0.3 is 10.4 Å². The Hall–Kier alpha value is -0.570. The fourth-order valence-corrected chi connectivity index (χ4v) is 2.45. The average molecular weight is 155 g/mol. The molecular formula is C8H13NO2. The molecule has 3 heteroatoms. The van der Waals surface area contributed by atoms with Crippen LogP contribution in [-0.4, -0.2) is 23.7 Å². The molecule has 3 unspecified atom stereocenters. The standard InChI is InChI=1S/C8H13NO2/c1-8(2)5-4(3-10)9-7(11)6(5)8/h4-6,10H,3H2,1-2H3,(H,9,11). The molecule has 3 atom stereocenters. The first kappa shape index (κ1) is 7.10. The molecule has 1 saturated carbocycles. The van der Waals surface area contributed by atoms with Crippen molar-refractivity contribution in [2.75, 3.05) is 6.61 Å². The number of fused-ring (bicyclic) bond motifs is 1. The van der Waals surface area contributed by atoms with E-state index in [0.717, 1.165) is 0 Å². The van der Waals surface area contributed by atoms with E-state index in [1.165, 1.54) is 0 Å². The topological polar surface area (TPSA) is 49.3 Å². The summed E-state index contributed by atoms with van der Waals surface area (Å²) in [4.78, 5) is 11.2. The van der Waals surface area contributed by atoms with Gasteiger partial charge >= 0.3 is 0 Å². The van der Waals surface area contributed by atoms with Crippen LogP contribution in [0.25, 0.3) is 0 Å². The second-order valence-electron chi connectivity index (χ2n) is 4.12. The van der Waals surface area contributed by atoms with Gasteiger partial charge in [-0.15, -0.1) is 0 Å². The van der Waals surface area contributed by atoms with Crippen LogP contribution in [-0.2, 0) is 4.79 Å². The second-order valence-corrected chi connectivity index (χ2v) is 4.12. The zero-order valence-electron chi connectivity index (χ0n) is 6.79. The molecule has 11 heavy (non-hydrogen) atoms. The Morgan fingerprint density at radius 2 is 2.27 bits per heavy atom. The Morgan fingerprint density at radius 1 is 1.64 bits per heavy atom. The first-order chi connectivity index (χ1) is 5.09. The van der Waals surface area contributed by atoms with Gasteiger partial charge in [-0.3, -0.25) is 4.79 Å². The maximum absolute atomic E-state index is 11.2. The smallest absolute Gasteiger partial charge is 0.224 e. The maximum atomic E-state index is 11.2. The van der Waals surface area contributed by atoms with E-state index in [1.54, 1.807) is 0 Å². The van der Waals surface area contributed by atoms with Crippen LogP contribution < -0.4 is 5.32 Å². The highest BCUT2D eigenvalue weighted by atomic mass is 16.3. The molecule has 2 rings (SSSR count). The Labute approximate surface area is 65.8 Å². The van der Waals surface area contributed by atoms with Gasteiger partial charge in [-0.1, -0.05) is 13.8 Å². The predicted molar refractivity (Wildman–Crippen MR) is 39.8 cm³/mol. The Kier molecular flexibility index (Phi) is 1.15. The highest BCUT2D eigenvalue weighted by Crippen LogP contribution is 2.62. The van der Waals surface area contributed by atoms with Crippen molar-refractivity contribution in [3.8, 4) is 0 Å². The van der Waals surface area contributed by atoms with E-state index >= 15 is 0 Å². The van der Waals surface area contributed by atoms with Crippen LogP contribution >= 0.6 is 0 Å². The minimum atomic E-state index is 0.0162. The van der Waals surface area contributed by atoms with Gasteiger partial charge in [0.15, 0.2) is 0 Å². The number of carbonyl (C=O) groups excluding carboxylic acids is 1. The summed E-state index contributed by atoms with van der Waals surface area (Å²) in [6.07, 6.45) is 0. The lowest BCUT2D eigenvalue weighted by Gasteiger charge is -2.15. The monoisotopic (exact) mass is 155 g/mol. The van der Waals surface area contributed by atoms with Crippen LogP contribution in [0, 0.1) is 17.3 Å². The third-order valence-corrected chi connectivity index (χ3v) is 3.15. The first-order valence-corrected chi connectivity index (χ1v) is 4.00. The first-order valence-electron chi connectivity index (χ1n) is 4.00. The molecule has 2 fully saturated rings. The third-order valence-electron chi connectivity index (χ3n) is 3.15. The lowest BCUT2D eigenvalue weighted by atomic mass is 10.0. The van der Waals surface area contributed by atoms with Crippen molar-refractivity contribution in [1.29, 1.82) is 0 Å². The summed E-state index contributed by atoms with van der Waals surface area (Å²) < 4.78 is 0. The number of nitrogens with one attached hydrogen (secondary N) is 1. The van der Waals surface area contributed by atoms with Gasteiger partial charge in [0.25, 0.3) is 0 Å². The summed E-state index contributed by atoms with van der Waals surface area (Å²) in [6, 6.07) is 0.0162. The van der Waals surface area contributed by atoms with Gasteiger partial charge in [-0.05, 0) is 11.3 Å². The molecule has 0 bridgehead atoms. The zero-order valence-corrected chi connectivity index (χ0v) is 6.79. The van der Waals surface area contributed by atoms with Crippen molar-refractivity contribution in [2.24, 2.45) is 17.3 Å². The van der Waals surface area contributed by atoms with E-state index in [2.05, 4.69) is 19.2 Å². The molecular weight excluding hydrogens is 142 g/mol. The van der Waals surface area contributed by atoms with Crippen LogP contribution in [0.3, 0.4) is 0 Å². The Bertz CT molecular complexity index is 212. The van der Waals surface area contributed by atoms with Gasteiger partial charge in [0, 0.05) is 5.92 Å². The van der Waals surface area contributed by atoms with E-state index in [4.69, 9.17) is 5.11 Å². The largest absolute Gasteiger partial charge is 0.394 e. The SMILES string of the molecule is CC1(C)C2C(=O)NC(CO)C21. The van der Waals surface area contributed by atoms with Crippen molar-refractivity contribution in [1.82, 2.24) is 5.32 Å². The highest BCUT2D eigenvalue weighted by Gasteiger charge is 2.68. The van der Waals surface area contributed by atoms with E-state index in [9.17, 15) is 4.79 Å². The lowest BCUT2D eigenvalue weighted by molar-refractivity contribution is -0.122. The Balaban J connectivity index is 2.19. The Morgan fingerprint density at radius 3 is 2.55 bits per heavy atom. The van der Waals surface area contributed by atoms with Gasteiger partial charge in [0.1, 0.15) is 0 Å². The molecule has 3 nitrogen and oxygen atoms in total. The van der Waals surface area contributed by atoms with Crippen LogP contribution in [0.4, 0.5) is 0 Å². The highest BCUT2D eigenvalue weighted by molar-refractivity contribution is 5.86. The molecule has 2 aliphatic rings. The predicted octanol–water partition coefficient (Wildman–Crippen LogP) is -0.251. The summed E-state index contributed by atoms with van der Waals surface area (Å²) in [5.41, 5.74) is 0.135. The summed E-state index contributed by atoms with van der Waals surface area (Å²) in [5.74, 6) is 0.665. The van der Waals surface area contributed by atoms with Crippen LogP contribution in [0.15, 0.2) is 0 Å². The quantitative estimate of drug-likeness (QED) is 0.548. The number of amides is 1. The van der Waals surface area contributed by atoms with Gasteiger partial charge in [-0.2, -0.15) is 0 Å². The number of hydrogen-bond acceptors (Lipinski definition) is 2. The molecule has 0 aromatic carbocycles. The molecule has 62 valence electrons. The molecule has 0 aromatic heterocycles. The molecule has 0 aromatic rings. The summed E-state index contributed by atoms with van der Waals surface area (Å²) in [7, 11) is 0. The number of carbonyl (C=O) groups is 1. The number of rotatable bonds is 1. The van der Waals surface area contributed by atoms with Crippen molar-refractivity contribution >= 4 is 5.91 Å². The van der Waals surface area contributed by atoms with E-state index in [0.29, 0.717) is 5.92 Å². The van der Waals surface area contributed by atoms with Crippen LogP contribution in [0.2, 0.25) is 0 Å². The van der Waals surface area contributed by atoms with Gasteiger partial charge in [0.05, 0.1) is 12.6 Å². The summed E-state index contributed by atoms with van der Waals surface area (Å²) >= 11 is 0. The average Bonchev–Trinajstić information content (AvgIpc) is 2.37. The van der Waals surface area contributed by atoms with Crippen LogP contribution in [0.1, 0.15) is 13.8 Å². The minimum absolute atomic E-state index is 0.0162. The van der Waals surface area contributed by atoms with E-state index in [-0.39, 0.29) is 29.9 Å². The normalized spacial score (nSPS) is 45.0.